The fourth-order valence-electron chi connectivity index (χ4n) is 3.93. The lowest BCUT2D eigenvalue weighted by Gasteiger charge is -2.23. The Labute approximate surface area is 155 Å². The van der Waals surface area contributed by atoms with E-state index in [0.29, 0.717) is 0 Å². The molecule has 24 heavy (non-hydrogen) atoms. The zero-order valence-corrected chi connectivity index (χ0v) is 17.8. The molecule has 145 valence electrons. The zero-order chi connectivity index (χ0) is 17.9. The van der Waals surface area contributed by atoms with E-state index >= 15 is 0 Å². The van der Waals surface area contributed by atoms with E-state index in [0.717, 1.165) is 11.8 Å². The van der Waals surface area contributed by atoms with Crippen molar-refractivity contribution in [2.45, 2.75) is 137 Å². The topological polar surface area (TPSA) is 0 Å². The molecule has 0 saturated carbocycles. The summed E-state index contributed by atoms with van der Waals surface area (Å²) in [5, 5.41) is 0. The lowest BCUT2D eigenvalue weighted by atomic mass is 9.82. The summed E-state index contributed by atoms with van der Waals surface area (Å²) in [5.74, 6) is 1.80. The molecule has 0 spiro atoms. The van der Waals surface area contributed by atoms with Gasteiger partial charge in [-0.3, -0.25) is 0 Å². The Morgan fingerprint density at radius 1 is 0.417 bits per heavy atom. The highest BCUT2D eigenvalue weighted by Gasteiger charge is 2.16. The van der Waals surface area contributed by atoms with Crippen LogP contribution < -0.4 is 0 Å². The minimum absolute atomic E-state index is 0.898. The largest absolute Gasteiger partial charge is 0.0654 e. The third-order valence-corrected chi connectivity index (χ3v) is 5.49. The lowest BCUT2D eigenvalue weighted by molar-refractivity contribution is 0.373. The normalized spacial score (nSPS) is 14.0. The van der Waals surface area contributed by atoms with Gasteiger partial charge >= 0.3 is 0 Å². The van der Waals surface area contributed by atoms with Crippen LogP contribution in [-0.4, -0.2) is 0 Å². The van der Waals surface area contributed by atoms with Crippen LogP contribution in [0, 0.1) is 18.3 Å². The van der Waals surface area contributed by atoms with E-state index in [4.69, 9.17) is 0 Å². The predicted octanol–water partition coefficient (Wildman–Crippen LogP) is 9.13. The van der Waals surface area contributed by atoms with Crippen molar-refractivity contribution in [2.24, 2.45) is 11.8 Å². The molecule has 0 aliphatic rings. The maximum absolute atomic E-state index is 2.81. The number of unbranched alkanes of at least 4 members (excludes halogenated alkanes) is 9. The first-order valence-electron chi connectivity index (χ1n) is 11.6. The summed E-state index contributed by atoms with van der Waals surface area (Å²) in [4.78, 5) is 0. The molecule has 0 saturated heterocycles. The molecule has 0 fully saturated rings. The van der Waals surface area contributed by atoms with Crippen LogP contribution in [0.15, 0.2) is 0 Å². The van der Waals surface area contributed by atoms with Gasteiger partial charge in [0.15, 0.2) is 0 Å². The molecule has 0 nitrogen and oxygen atoms in total. The molecule has 0 heteroatoms. The van der Waals surface area contributed by atoms with Crippen LogP contribution in [0.5, 0.6) is 0 Å². The molecule has 2 unspecified atom stereocenters. The Hall–Kier alpha value is 0. The first kappa shape index (κ1) is 24.0. The van der Waals surface area contributed by atoms with Crippen molar-refractivity contribution < 1.29 is 0 Å². The van der Waals surface area contributed by atoms with Gasteiger partial charge in [0.05, 0.1) is 0 Å². The highest BCUT2D eigenvalue weighted by atomic mass is 14.2. The summed E-state index contributed by atoms with van der Waals surface area (Å²) in [6.45, 7) is 9.33. The van der Waals surface area contributed by atoms with E-state index in [-0.39, 0.29) is 0 Å². The summed E-state index contributed by atoms with van der Waals surface area (Å²) in [6, 6.07) is 0. The molecule has 0 aromatic carbocycles. The van der Waals surface area contributed by atoms with E-state index in [1.165, 1.54) is 109 Å². The van der Waals surface area contributed by atoms with Crippen molar-refractivity contribution in [2.75, 3.05) is 0 Å². The number of rotatable bonds is 19. The third kappa shape index (κ3) is 15.5. The Morgan fingerprint density at radius 3 is 1.29 bits per heavy atom. The monoisotopic (exact) mass is 337 g/mol. The minimum Gasteiger partial charge on any atom is -0.0654 e. The van der Waals surface area contributed by atoms with E-state index in [9.17, 15) is 0 Å². The Morgan fingerprint density at radius 2 is 0.792 bits per heavy atom. The zero-order valence-electron chi connectivity index (χ0n) is 17.8. The van der Waals surface area contributed by atoms with Gasteiger partial charge in [-0.15, -0.1) is 0 Å². The molecular formula is C24H49. The van der Waals surface area contributed by atoms with Gasteiger partial charge in [0.2, 0.25) is 0 Å². The minimum atomic E-state index is 0.898. The van der Waals surface area contributed by atoms with Gasteiger partial charge in [0.1, 0.15) is 0 Å². The molecule has 0 rings (SSSR count). The van der Waals surface area contributed by atoms with Crippen LogP contribution >= 0.6 is 0 Å². The van der Waals surface area contributed by atoms with Gasteiger partial charge in [-0.2, -0.15) is 0 Å². The molecule has 0 aromatic rings. The second kappa shape index (κ2) is 19.3. The average Bonchev–Trinajstić information content (AvgIpc) is 2.58. The Kier molecular flexibility index (Phi) is 19.3. The lowest BCUT2D eigenvalue weighted by Crippen LogP contribution is -2.11. The second-order valence-corrected chi connectivity index (χ2v) is 8.05. The number of hydrogen-bond acceptors (Lipinski definition) is 0. The van der Waals surface area contributed by atoms with Crippen molar-refractivity contribution >= 4 is 0 Å². The molecule has 0 amide bonds. The van der Waals surface area contributed by atoms with Crippen LogP contribution in [0.25, 0.3) is 0 Å². The van der Waals surface area contributed by atoms with E-state index in [2.05, 4.69) is 34.1 Å². The van der Waals surface area contributed by atoms with Crippen LogP contribution in [0.4, 0.5) is 0 Å². The first-order chi connectivity index (χ1) is 11.8. The highest BCUT2D eigenvalue weighted by molar-refractivity contribution is 4.84. The molecule has 0 aliphatic heterocycles. The standard InChI is InChI=1S/C24H49/c1-5-9-12-14-17-20-23(18-8-4)22-24(19-15-11-7-3)21-16-13-10-6-2/h22-24H,5-21H2,1-4H3. The molecular weight excluding hydrogens is 288 g/mol. The van der Waals surface area contributed by atoms with Crippen LogP contribution in [0.2, 0.25) is 0 Å². The van der Waals surface area contributed by atoms with E-state index in [1.54, 1.807) is 0 Å². The molecule has 0 heterocycles. The Balaban J connectivity index is 4.19. The van der Waals surface area contributed by atoms with E-state index < -0.39 is 0 Å². The average molecular weight is 338 g/mol. The van der Waals surface area contributed by atoms with Gasteiger partial charge < -0.3 is 0 Å². The number of hydrogen-bond donors (Lipinski definition) is 0. The van der Waals surface area contributed by atoms with Gasteiger partial charge in [-0.25, -0.2) is 0 Å². The van der Waals surface area contributed by atoms with Crippen LogP contribution in [0.3, 0.4) is 0 Å². The second-order valence-electron chi connectivity index (χ2n) is 8.05. The van der Waals surface area contributed by atoms with Gasteiger partial charge in [0.25, 0.3) is 0 Å². The van der Waals surface area contributed by atoms with Crippen molar-refractivity contribution in [1.82, 2.24) is 0 Å². The van der Waals surface area contributed by atoms with Crippen molar-refractivity contribution in [3.63, 3.8) is 0 Å². The quantitative estimate of drug-likeness (QED) is 0.206. The molecule has 0 aliphatic carbocycles. The van der Waals surface area contributed by atoms with Gasteiger partial charge in [-0.1, -0.05) is 137 Å². The molecule has 0 aromatic heterocycles. The summed E-state index contributed by atoms with van der Waals surface area (Å²) >= 11 is 0. The molecule has 0 N–H and O–H groups in total. The van der Waals surface area contributed by atoms with Crippen LogP contribution in [-0.2, 0) is 0 Å². The summed E-state index contributed by atoms with van der Waals surface area (Å²) in [5.41, 5.74) is 0. The first-order valence-corrected chi connectivity index (χ1v) is 11.6. The summed E-state index contributed by atoms with van der Waals surface area (Å²) in [7, 11) is 0. The smallest absolute Gasteiger partial charge is 0.0324 e. The maximum Gasteiger partial charge on any atom is -0.0324 e. The molecule has 2 atom stereocenters. The highest BCUT2D eigenvalue weighted by Crippen LogP contribution is 2.29. The molecule has 1 radical (unpaired) electrons. The summed E-state index contributed by atoms with van der Waals surface area (Å²) in [6.07, 6.45) is 27.0. The van der Waals surface area contributed by atoms with Gasteiger partial charge in [0, 0.05) is 0 Å². The third-order valence-electron chi connectivity index (χ3n) is 5.49. The maximum atomic E-state index is 2.81. The fourth-order valence-corrected chi connectivity index (χ4v) is 3.93. The van der Waals surface area contributed by atoms with E-state index in [1.807, 2.05) is 0 Å². The van der Waals surface area contributed by atoms with Crippen molar-refractivity contribution in [1.29, 1.82) is 0 Å². The van der Waals surface area contributed by atoms with Crippen molar-refractivity contribution in [3.8, 4) is 0 Å². The van der Waals surface area contributed by atoms with Crippen LogP contribution in [0.1, 0.15) is 137 Å². The van der Waals surface area contributed by atoms with Crippen molar-refractivity contribution in [3.05, 3.63) is 6.42 Å². The van der Waals surface area contributed by atoms with Gasteiger partial charge in [-0.05, 0) is 18.3 Å². The SMILES string of the molecule is CCCCCCCC([CH]C(CCCCC)CCCCCC)CCC. The fraction of sp³-hybridized carbons (Fsp3) is 0.958. The Bertz CT molecular complexity index is 220. The molecule has 0 bridgehead atoms. The summed E-state index contributed by atoms with van der Waals surface area (Å²) < 4.78 is 0. The predicted molar refractivity (Wildman–Crippen MR) is 112 cm³/mol.